The summed E-state index contributed by atoms with van der Waals surface area (Å²) in [6.45, 7) is 15.8. The van der Waals surface area contributed by atoms with Gasteiger partial charge in [-0.05, 0) is 108 Å². The van der Waals surface area contributed by atoms with Crippen molar-refractivity contribution in [1.29, 1.82) is 0 Å². The standard InChI is InChI=1S/C24H28N6O.C21H21N5O2.C3H9N/c1-16(2)26-24(31)18-15-17-20(29-12-6-11-28(3)13-14-29)9-10-25-22(17)30-21-8-5-4-7-19(21)27-23(18)30;1-24-9-4-10-25(12-11-24)17-7-8-22-19-14(17)13-15(21(27)28)20-23-16-5-2-3-6-18(16)26(19)20;1-3(2)4/h4-5,7-10,15-16H,6,11-14H2,1-3H3,(H,26,31);2-3,5-8,13H,4,9-12H2,1H3,(H,27,28);3H,4H2,1-2H3. The van der Waals surface area contributed by atoms with Crippen molar-refractivity contribution in [3.8, 4) is 0 Å². The predicted octanol–water partition coefficient (Wildman–Crippen LogP) is 6.55. The maximum Gasteiger partial charge on any atom is 0.339 e. The number of rotatable bonds is 5. The molecule has 2 aliphatic heterocycles. The van der Waals surface area contributed by atoms with E-state index in [1.54, 1.807) is 12.3 Å². The van der Waals surface area contributed by atoms with Gasteiger partial charge in [-0.2, -0.15) is 0 Å². The van der Waals surface area contributed by atoms with Crippen LogP contribution in [-0.4, -0.2) is 134 Å². The molecule has 2 saturated heterocycles. The molecule has 15 heteroatoms. The number of nitrogens with zero attached hydrogens (tertiary/aromatic N) is 10. The fraction of sp³-hybridized carbons (Fsp3) is 0.375. The Morgan fingerprint density at radius 1 is 0.619 bits per heavy atom. The van der Waals surface area contributed by atoms with Gasteiger partial charge in [-0.25, -0.2) is 24.7 Å². The second-order valence-electron chi connectivity index (χ2n) is 17.2. The van der Waals surface area contributed by atoms with Crippen LogP contribution in [0.25, 0.3) is 55.4 Å². The Morgan fingerprint density at radius 3 is 1.52 bits per heavy atom. The third-order valence-corrected chi connectivity index (χ3v) is 11.5. The number of carboxylic acid groups (broad SMARTS) is 1. The minimum absolute atomic E-state index is 0.0436. The number of likely N-dealkylation sites (N-methyl/N-ethyl adjacent to an activating group) is 2. The molecule has 8 aromatic rings. The van der Waals surface area contributed by atoms with E-state index >= 15 is 0 Å². The van der Waals surface area contributed by atoms with Crippen LogP contribution in [0, 0.1) is 0 Å². The van der Waals surface area contributed by atoms with Crippen molar-refractivity contribution >= 4 is 78.7 Å². The zero-order valence-electron chi connectivity index (χ0n) is 37.1. The number of hydrogen-bond acceptors (Lipinski definition) is 11. The highest BCUT2D eigenvalue weighted by atomic mass is 16.4. The summed E-state index contributed by atoms with van der Waals surface area (Å²) in [7, 11) is 4.31. The molecule has 0 aliphatic carbocycles. The van der Waals surface area contributed by atoms with Gasteiger partial charge in [-0.3, -0.25) is 13.6 Å². The summed E-state index contributed by atoms with van der Waals surface area (Å²) in [6, 6.07) is 23.8. The van der Waals surface area contributed by atoms with Gasteiger partial charge in [0.05, 0.1) is 27.6 Å². The lowest BCUT2D eigenvalue weighted by Gasteiger charge is -2.24. The summed E-state index contributed by atoms with van der Waals surface area (Å²) < 4.78 is 3.91. The fourth-order valence-electron chi connectivity index (χ4n) is 8.59. The zero-order valence-corrected chi connectivity index (χ0v) is 37.1. The van der Waals surface area contributed by atoms with Gasteiger partial charge in [-0.1, -0.05) is 38.1 Å². The van der Waals surface area contributed by atoms with Crippen LogP contribution in [0.1, 0.15) is 61.3 Å². The minimum Gasteiger partial charge on any atom is -0.478 e. The summed E-state index contributed by atoms with van der Waals surface area (Å²) in [5.41, 5.74) is 14.1. The van der Waals surface area contributed by atoms with Gasteiger partial charge in [0.25, 0.3) is 5.91 Å². The number of nitrogens with one attached hydrogen (secondary N) is 1. The number of nitrogens with two attached hydrogens (primary N) is 1. The molecule has 15 nitrogen and oxygen atoms in total. The molecule has 0 bridgehead atoms. The van der Waals surface area contributed by atoms with Crippen molar-refractivity contribution in [3.63, 3.8) is 0 Å². The molecule has 328 valence electrons. The molecular formula is C48H58N12O3. The first-order valence-corrected chi connectivity index (χ1v) is 21.9. The second kappa shape index (κ2) is 18.5. The van der Waals surface area contributed by atoms with Crippen LogP contribution < -0.4 is 20.9 Å². The number of carbonyl (C=O) groups excluding carboxylic acids is 1. The predicted molar refractivity (Wildman–Crippen MR) is 254 cm³/mol. The van der Waals surface area contributed by atoms with Crippen molar-refractivity contribution in [2.45, 2.75) is 52.6 Å². The smallest absolute Gasteiger partial charge is 0.339 e. The summed E-state index contributed by atoms with van der Waals surface area (Å²) in [5.74, 6) is -1.09. The number of para-hydroxylation sites is 4. The Kier molecular flexibility index (Phi) is 12.7. The van der Waals surface area contributed by atoms with Gasteiger partial charge in [0.15, 0.2) is 11.3 Å². The number of pyridine rings is 4. The van der Waals surface area contributed by atoms with Crippen LogP contribution in [0.2, 0.25) is 0 Å². The lowest BCUT2D eigenvalue weighted by Crippen LogP contribution is -2.31. The fourth-order valence-corrected chi connectivity index (χ4v) is 8.59. The van der Waals surface area contributed by atoms with Crippen molar-refractivity contribution in [1.82, 2.24) is 43.9 Å². The van der Waals surface area contributed by atoms with Crippen molar-refractivity contribution in [3.05, 3.63) is 96.3 Å². The average molecular weight is 851 g/mol. The number of carbonyl (C=O) groups is 2. The monoisotopic (exact) mass is 850 g/mol. The van der Waals surface area contributed by atoms with Crippen LogP contribution in [0.5, 0.6) is 0 Å². The van der Waals surface area contributed by atoms with E-state index in [-0.39, 0.29) is 17.5 Å². The Hall–Kier alpha value is -6.42. The van der Waals surface area contributed by atoms with E-state index in [4.69, 9.17) is 15.7 Å². The van der Waals surface area contributed by atoms with Crippen LogP contribution in [0.4, 0.5) is 11.4 Å². The van der Waals surface area contributed by atoms with E-state index < -0.39 is 5.97 Å². The molecule has 2 fully saturated rings. The largest absolute Gasteiger partial charge is 0.478 e. The third-order valence-electron chi connectivity index (χ3n) is 11.5. The van der Waals surface area contributed by atoms with Crippen LogP contribution in [0.3, 0.4) is 0 Å². The molecule has 2 aliphatic rings. The Bertz CT molecular complexity index is 2940. The number of aromatic carboxylic acids is 1. The quantitative estimate of drug-likeness (QED) is 0.171. The van der Waals surface area contributed by atoms with Gasteiger partial charge >= 0.3 is 5.97 Å². The van der Waals surface area contributed by atoms with E-state index in [0.29, 0.717) is 22.9 Å². The van der Waals surface area contributed by atoms with Crippen LogP contribution in [-0.2, 0) is 0 Å². The van der Waals surface area contributed by atoms with Gasteiger partial charge in [0.1, 0.15) is 16.9 Å². The van der Waals surface area contributed by atoms with E-state index in [1.807, 2.05) is 103 Å². The lowest BCUT2D eigenvalue weighted by molar-refractivity contribution is 0.0698. The molecule has 4 N–H and O–H groups in total. The topological polar surface area (TPSA) is 166 Å². The zero-order chi connectivity index (χ0) is 44.4. The molecule has 0 saturated carbocycles. The molecule has 10 rings (SSSR count). The first-order chi connectivity index (χ1) is 30.4. The van der Waals surface area contributed by atoms with Gasteiger partial charge in [0.2, 0.25) is 0 Å². The normalized spacial score (nSPS) is 15.5. The highest BCUT2D eigenvalue weighted by molar-refractivity contribution is 6.08. The number of imidazole rings is 2. The number of benzene rings is 2. The van der Waals surface area contributed by atoms with Crippen molar-refractivity contribution < 1.29 is 14.7 Å². The molecule has 0 unspecified atom stereocenters. The molecule has 8 heterocycles. The highest BCUT2D eigenvalue weighted by Crippen LogP contribution is 2.33. The van der Waals surface area contributed by atoms with E-state index in [1.165, 1.54) is 0 Å². The first kappa shape index (κ1) is 43.2. The first-order valence-electron chi connectivity index (χ1n) is 21.9. The van der Waals surface area contributed by atoms with Crippen molar-refractivity contribution in [2.75, 3.05) is 76.3 Å². The Balaban J connectivity index is 0.000000160. The van der Waals surface area contributed by atoms with Crippen LogP contribution >= 0.6 is 0 Å². The molecule has 1 amide bonds. The molecule has 0 spiro atoms. The average Bonchev–Trinajstić information content (AvgIpc) is 3.67. The molecule has 63 heavy (non-hydrogen) atoms. The maximum atomic E-state index is 13.2. The number of hydrogen-bond donors (Lipinski definition) is 3. The molecule has 6 aromatic heterocycles. The number of aromatic nitrogens is 6. The number of amides is 1. The SMILES string of the molecule is CC(C)N.CC(C)NC(=O)c1cc2c(N3CCCN(C)CC3)ccnc2n2c1nc1ccccc12.CN1CCCN(c2ccnc3c2cc(C(=O)O)c2nc4ccccc4n23)CC1. The third kappa shape index (κ3) is 8.94. The lowest BCUT2D eigenvalue weighted by atomic mass is 10.1. The van der Waals surface area contributed by atoms with E-state index in [2.05, 4.69) is 55.0 Å². The van der Waals surface area contributed by atoms with E-state index in [9.17, 15) is 14.7 Å². The maximum absolute atomic E-state index is 13.2. The summed E-state index contributed by atoms with van der Waals surface area (Å²) >= 11 is 0. The molecule has 0 atom stereocenters. The van der Waals surface area contributed by atoms with Crippen molar-refractivity contribution in [2.24, 2.45) is 5.73 Å². The molecular weight excluding hydrogens is 793 g/mol. The summed E-state index contributed by atoms with van der Waals surface area (Å²) in [4.78, 5) is 53.4. The molecule has 0 radical (unpaired) electrons. The molecule has 2 aromatic carbocycles. The Labute approximate surface area is 367 Å². The summed E-state index contributed by atoms with van der Waals surface area (Å²) in [5, 5.41) is 14.7. The van der Waals surface area contributed by atoms with Gasteiger partial charge < -0.3 is 35.8 Å². The van der Waals surface area contributed by atoms with Gasteiger partial charge in [-0.15, -0.1) is 0 Å². The minimum atomic E-state index is -0.979. The second-order valence-corrected chi connectivity index (χ2v) is 17.2. The van der Waals surface area contributed by atoms with Crippen LogP contribution in [0.15, 0.2) is 85.2 Å². The summed E-state index contributed by atoms with van der Waals surface area (Å²) in [6.07, 6.45) is 5.86. The number of fused-ring (bicyclic) bond motifs is 10. The Morgan fingerprint density at radius 2 is 1.06 bits per heavy atom. The number of anilines is 2. The number of carboxylic acids is 1. The highest BCUT2D eigenvalue weighted by Gasteiger charge is 2.24. The van der Waals surface area contributed by atoms with Gasteiger partial charge in [0, 0.05) is 79.9 Å². The van der Waals surface area contributed by atoms with E-state index in [0.717, 1.165) is 121 Å².